The molecule has 0 bridgehead atoms. The number of esters is 1. The average Bonchev–Trinajstić information content (AvgIpc) is 3.33. The van der Waals surface area contributed by atoms with Crippen LogP contribution in [0.3, 0.4) is 0 Å². The van der Waals surface area contributed by atoms with E-state index in [1.54, 1.807) is 23.8 Å². The summed E-state index contributed by atoms with van der Waals surface area (Å²) < 4.78 is 6.65. The molecule has 0 spiro atoms. The molecule has 0 aliphatic heterocycles. The van der Waals surface area contributed by atoms with E-state index in [2.05, 4.69) is 25.6 Å². The molecule has 0 atom stereocenters. The zero-order chi connectivity index (χ0) is 19.2. The molecule has 0 saturated carbocycles. The largest absolute Gasteiger partial charge is 0.507 e. The molecular formula is C17H16N6O4. The molecule has 0 aliphatic carbocycles. The second-order valence-corrected chi connectivity index (χ2v) is 5.41. The van der Waals surface area contributed by atoms with Crippen molar-refractivity contribution in [2.24, 2.45) is 0 Å². The van der Waals surface area contributed by atoms with Crippen LogP contribution in [0.2, 0.25) is 0 Å². The second-order valence-electron chi connectivity index (χ2n) is 5.41. The van der Waals surface area contributed by atoms with E-state index in [4.69, 9.17) is 4.74 Å². The van der Waals surface area contributed by atoms with Gasteiger partial charge in [-0.2, -0.15) is 5.21 Å². The third-order valence-electron chi connectivity index (χ3n) is 3.57. The van der Waals surface area contributed by atoms with Gasteiger partial charge in [-0.15, -0.1) is 10.2 Å². The number of aromatic amines is 1. The molecule has 0 amide bonds. The maximum atomic E-state index is 12.2. The molecule has 0 fully saturated rings. The van der Waals surface area contributed by atoms with Gasteiger partial charge in [0.25, 0.3) is 0 Å². The Hall–Kier alpha value is -3.82. The summed E-state index contributed by atoms with van der Waals surface area (Å²) in [6.07, 6.45) is 4.14. The van der Waals surface area contributed by atoms with Crippen molar-refractivity contribution in [3.05, 3.63) is 65.5 Å². The topological polar surface area (TPSA) is 136 Å². The summed E-state index contributed by atoms with van der Waals surface area (Å²) in [5, 5.41) is 22.8. The molecule has 0 unspecified atom stereocenters. The SMILES string of the molecule is CCOC(=O)c1cc(C(O)=CC(=O)c2nn[nH]n2)cn1Cc1ccccn1. The van der Waals surface area contributed by atoms with Gasteiger partial charge in [0.2, 0.25) is 11.6 Å². The van der Waals surface area contributed by atoms with Gasteiger partial charge in [-0.1, -0.05) is 6.07 Å². The molecule has 3 rings (SSSR count). The van der Waals surface area contributed by atoms with E-state index in [1.165, 1.54) is 12.3 Å². The Kier molecular flexibility index (Phi) is 5.36. The van der Waals surface area contributed by atoms with Gasteiger partial charge < -0.3 is 14.4 Å². The summed E-state index contributed by atoms with van der Waals surface area (Å²) in [5.41, 5.74) is 1.21. The highest BCUT2D eigenvalue weighted by Gasteiger charge is 2.18. The predicted octanol–water partition coefficient (Wildman–Crippen LogP) is 1.40. The van der Waals surface area contributed by atoms with Crippen LogP contribution in [-0.4, -0.2) is 53.6 Å². The number of H-pyrrole nitrogens is 1. The number of ketones is 1. The van der Waals surface area contributed by atoms with Crippen LogP contribution in [-0.2, 0) is 11.3 Å². The number of hydrogen-bond acceptors (Lipinski definition) is 8. The molecule has 3 aromatic heterocycles. The first-order valence-electron chi connectivity index (χ1n) is 8.04. The van der Waals surface area contributed by atoms with Crippen LogP contribution < -0.4 is 0 Å². The molecule has 0 aliphatic rings. The minimum Gasteiger partial charge on any atom is -0.507 e. The smallest absolute Gasteiger partial charge is 0.354 e. The molecular weight excluding hydrogens is 352 g/mol. The van der Waals surface area contributed by atoms with Crippen LogP contribution in [0.1, 0.15) is 39.3 Å². The number of carbonyl (C=O) groups excluding carboxylic acids is 2. The van der Waals surface area contributed by atoms with Gasteiger partial charge in [-0.3, -0.25) is 9.78 Å². The van der Waals surface area contributed by atoms with E-state index in [1.807, 2.05) is 12.1 Å². The summed E-state index contributed by atoms with van der Waals surface area (Å²) in [5.74, 6) is -1.69. The van der Waals surface area contributed by atoms with Crippen LogP contribution >= 0.6 is 0 Å². The number of hydrogen-bond donors (Lipinski definition) is 2. The van der Waals surface area contributed by atoms with Crippen molar-refractivity contribution in [2.45, 2.75) is 13.5 Å². The number of allylic oxidation sites excluding steroid dienone is 1. The molecule has 3 aromatic rings. The quantitative estimate of drug-likeness (QED) is 0.276. The van der Waals surface area contributed by atoms with Crippen LogP contribution in [0, 0.1) is 0 Å². The Morgan fingerprint density at radius 2 is 2.22 bits per heavy atom. The number of aliphatic hydroxyl groups excluding tert-OH is 1. The molecule has 10 heteroatoms. The predicted molar refractivity (Wildman–Crippen MR) is 92.8 cm³/mol. The maximum Gasteiger partial charge on any atom is 0.354 e. The lowest BCUT2D eigenvalue weighted by Crippen LogP contribution is -2.12. The van der Waals surface area contributed by atoms with Crippen molar-refractivity contribution in [1.82, 2.24) is 30.2 Å². The molecule has 27 heavy (non-hydrogen) atoms. The molecule has 0 saturated heterocycles. The fraction of sp³-hybridized carbons (Fsp3) is 0.176. The first-order valence-corrected chi connectivity index (χ1v) is 8.04. The lowest BCUT2D eigenvalue weighted by molar-refractivity contribution is 0.0514. The minimum absolute atomic E-state index is 0.180. The van der Waals surface area contributed by atoms with E-state index in [0.717, 1.165) is 11.8 Å². The number of rotatable bonds is 7. The van der Waals surface area contributed by atoms with E-state index in [-0.39, 0.29) is 29.4 Å². The average molecular weight is 368 g/mol. The van der Waals surface area contributed by atoms with Gasteiger partial charge in [0, 0.05) is 24.0 Å². The van der Waals surface area contributed by atoms with Gasteiger partial charge in [0.05, 0.1) is 18.8 Å². The van der Waals surface area contributed by atoms with Gasteiger partial charge in [-0.25, -0.2) is 4.79 Å². The van der Waals surface area contributed by atoms with Crippen molar-refractivity contribution in [1.29, 1.82) is 0 Å². The van der Waals surface area contributed by atoms with Crippen molar-refractivity contribution < 1.29 is 19.4 Å². The third kappa shape index (κ3) is 4.24. The third-order valence-corrected chi connectivity index (χ3v) is 3.57. The summed E-state index contributed by atoms with van der Waals surface area (Å²) in [7, 11) is 0. The van der Waals surface area contributed by atoms with E-state index >= 15 is 0 Å². The number of aliphatic hydroxyl groups is 1. The Bertz CT molecular complexity index is 963. The lowest BCUT2D eigenvalue weighted by atomic mass is 10.2. The van der Waals surface area contributed by atoms with Gasteiger partial charge in [0.15, 0.2) is 0 Å². The molecule has 0 aromatic carbocycles. The zero-order valence-corrected chi connectivity index (χ0v) is 14.4. The Morgan fingerprint density at radius 1 is 1.37 bits per heavy atom. The number of ether oxygens (including phenoxy) is 1. The molecule has 0 radical (unpaired) electrons. The summed E-state index contributed by atoms with van der Waals surface area (Å²) in [6, 6.07) is 6.87. The molecule has 3 heterocycles. The number of nitrogens with zero attached hydrogens (tertiary/aromatic N) is 5. The fourth-order valence-electron chi connectivity index (χ4n) is 2.36. The van der Waals surface area contributed by atoms with Crippen molar-refractivity contribution in [2.75, 3.05) is 6.61 Å². The maximum absolute atomic E-state index is 12.2. The highest BCUT2D eigenvalue weighted by Crippen LogP contribution is 2.19. The second kappa shape index (κ2) is 8.04. The lowest BCUT2D eigenvalue weighted by Gasteiger charge is -2.07. The number of nitrogens with one attached hydrogen (secondary N) is 1. The number of pyridine rings is 1. The minimum atomic E-state index is -0.628. The van der Waals surface area contributed by atoms with E-state index in [9.17, 15) is 14.7 Å². The molecule has 2 N–H and O–H groups in total. The first kappa shape index (κ1) is 18.0. The number of aromatic nitrogens is 6. The Morgan fingerprint density at radius 3 is 2.89 bits per heavy atom. The van der Waals surface area contributed by atoms with Crippen LogP contribution in [0.15, 0.2) is 42.7 Å². The standard InChI is InChI=1S/C17H16N6O4/c1-2-27-17(26)13-7-11(9-23(13)10-12-5-3-4-6-18-12)14(24)8-15(25)16-19-21-22-20-16/h3-9,24H,2,10H2,1H3,(H,19,20,21,22). The van der Waals surface area contributed by atoms with Crippen molar-refractivity contribution in [3.63, 3.8) is 0 Å². The Balaban J connectivity index is 1.92. The molecule has 10 nitrogen and oxygen atoms in total. The molecule has 138 valence electrons. The van der Waals surface area contributed by atoms with Gasteiger partial charge >= 0.3 is 5.97 Å². The van der Waals surface area contributed by atoms with Crippen LogP contribution in [0.4, 0.5) is 0 Å². The Labute approximate surface area is 153 Å². The highest BCUT2D eigenvalue weighted by atomic mass is 16.5. The van der Waals surface area contributed by atoms with E-state index < -0.39 is 11.8 Å². The van der Waals surface area contributed by atoms with E-state index in [0.29, 0.717) is 6.54 Å². The van der Waals surface area contributed by atoms with Crippen LogP contribution in [0.25, 0.3) is 5.76 Å². The number of tetrazole rings is 1. The van der Waals surface area contributed by atoms with Gasteiger partial charge in [0.1, 0.15) is 11.5 Å². The van der Waals surface area contributed by atoms with Crippen molar-refractivity contribution in [3.8, 4) is 0 Å². The number of carbonyl (C=O) groups is 2. The zero-order valence-electron chi connectivity index (χ0n) is 14.4. The first-order chi connectivity index (χ1) is 13.1. The monoisotopic (exact) mass is 368 g/mol. The fourth-order valence-corrected chi connectivity index (χ4v) is 2.36. The van der Waals surface area contributed by atoms with Crippen molar-refractivity contribution >= 4 is 17.5 Å². The summed E-state index contributed by atoms with van der Waals surface area (Å²) in [4.78, 5) is 28.4. The van der Waals surface area contributed by atoms with Crippen LogP contribution in [0.5, 0.6) is 0 Å². The highest BCUT2D eigenvalue weighted by molar-refractivity contribution is 6.05. The van der Waals surface area contributed by atoms with Gasteiger partial charge in [-0.05, 0) is 30.3 Å². The normalized spacial score (nSPS) is 11.4. The summed E-state index contributed by atoms with van der Waals surface area (Å²) in [6.45, 7) is 2.20. The summed E-state index contributed by atoms with van der Waals surface area (Å²) >= 11 is 0.